The highest BCUT2D eigenvalue weighted by Gasteiger charge is 2.18. The van der Waals surface area contributed by atoms with Crippen LogP contribution in [0.5, 0.6) is 0 Å². The number of anilines is 2. The lowest BCUT2D eigenvalue weighted by Crippen LogP contribution is -2.37. The molecule has 0 aliphatic carbocycles. The van der Waals surface area contributed by atoms with Gasteiger partial charge in [0.15, 0.2) is 0 Å². The van der Waals surface area contributed by atoms with E-state index < -0.39 is 0 Å². The van der Waals surface area contributed by atoms with Crippen LogP contribution in [-0.4, -0.2) is 56.7 Å². The highest BCUT2D eigenvalue weighted by atomic mass is 16.5. The first-order valence-electron chi connectivity index (χ1n) is 9.16. The van der Waals surface area contributed by atoms with Gasteiger partial charge in [-0.1, -0.05) is 19.1 Å². The number of hydrogen-bond acceptors (Lipinski definition) is 4. The van der Waals surface area contributed by atoms with Gasteiger partial charge in [-0.25, -0.2) is 0 Å². The topological polar surface area (TPSA) is 44.8 Å². The zero-order valence-corrected chi connectivity index (χ0v) is 14.7. The van der Waals surface area contributed by atoms with Crippen LogP contribution in [0.2, 0.25) is 0 Å². The maximum Gasteiger partial charge on any atom is 0.225 e. The molecule has 1 amide bonds. The normalized spacial score (nSPS) is 22.4. The van der Waals surface area contributed by atoms with Crippen molar-refractivity contribution in [2.75, 3.05) is 56.2 Å². The van der Waals surface area contributed by atoms with Crippen molar-refractivity contribution in [3.8, 4) is 0 Å². The summed E-state index contributed by atoms with van der Waals surface area (Å²) in [5.41, 5.74) is 2.01. The number of carbonyl (C=O) groups is 1. The number of hydrogen-bond donors (Lipinski definition) is 1. The first-order valence-corrected chi connectivity index (χ1v) is 9.16. The molecule has 132 valence electrons. The SMILES string of the molecule is CC1CCCN(CCC(=O)Nc2ccccc2N2CCOCC2)C1. The van der Waals surface area contributed by atoms with Crippen molar-refractivity contribution in [3.63, 3.8) is 0 Å². The molecular formula is C19H29N3O2. The number of benzene rings is 1. The molecule has 1 unspecified atom stereocenters. The number of likely N-dealkylation sites (tertiary alicyclic amines) is 1. The second-order valence-corrected chi connectivity index (χ2v) is 6.96. The van der Waals surface area contributed by atoms with Crippen LogP contribution in [0, 0.1) is 5.92 Å². The van der Waals surface area contributed by atoms with E-state index in [1.54, 1.807) is 0 Å². The monoisotopic (exact) mass is 331 g/mol. The number of morpholine rings is 1. The summed E-state index contributed by atoms with van der Waals surface area (Å²) in [6.07, 6.45) is 3.13. The van der Waals surface area contributed by atoms with Crippen LogP contribution in [0.25, 0.3) is 0 Å². The van der Waals surface area contributed by atoms with E-state index in [-0.39, 0.29) is 5.91 Å². The summed E-state index contributed by atoms with van der Waals surface area (Å²) in [5.74, 6) is 0.859. The molecule has 0 saturated carbocycles. The Labute approximate surface area is 145 Å². The van der Waals surface area contributed by atoms with Crippen molar-refractivity contribution in [1.29, 1.82) is 0 Å². The van der Waals surface area contributed by atoms with Crippen LogP contribution < -0.4 is 10.2 Å². The molecule has 1 aromatic rings. The maximum absolute atomic E-state index is 12.4. The summed E-state index contributed by atoms with van der Waals surface area (Å²) in [4.78, 5) is 17.1. The zero-order chi connectivity index (χ0) is 16.8. The summed E-state index contributed by atoms with van der Waals surface area (Å²) < 4.78 is 5.42. The summed E-state index contributed by atoms with van der Waals surface area (Å²) in [5, 5.41) is 3.11. The third-order valence-electron chi connectivity index (χ3n) is 4.93. The zero-order valence-electron chi connectivity index (χ0n) is 14.7. The van der Waals surface area contributed by atoms with Crippen molar-refractivity contribution >= 4 is 17.3 Å². The van der Waals surface area contributed by atoms with E-state index in [2.05, 4.69) is 28.1 Å². The van der Waals surface area contributed by atoms with E-state index in [0.29, 0.717) is 6.42 Å². The lowest BCUT2D eigenvalue weighted by molar-refractivity contribution is -0.116. The van der Waals surface area contributed by atoms with Gasteiger partial charge >= 0.3 is 0 Å². The molecule has 2 aliphatic heterocycles. The molecule has 2 heterocycles. The van der Waals surface area contributed by atoms with Crippen LogP contribution in [0.1, 0.15) is 26.2 Å². The van der Waals surface area contributed by atoms with Crippen molar-refractivity contribution in [3.05, 3.63) is 24.3 Å². The van der Waals surface area contributed by atoms with Gasteiger partial charge < -0.3 is 19.9 Å². The van der Waals surface area contributed by atoms with Crippen molar-refractivity contribution in [2.24, 2.45) is 5.92 Å². The molecule has 0 bridgehead atoms. The average Bonchev–Trinajstić information content (AvgIpc) is 2.61. The number of ether oxygens (including phenoxy) is 1. The number of amides is 1. The molecule has 24 heavy (non-hydrogen) atoms. The predicted molar refractivity (Wildman–Crippen MR) is 97.6 cm³/mol. The minimum atomic E-state index is 0.105. The van der Waals surface area contributed by atoms with Crippen LogP contribution >= 0.6 is 0 Å². The number of nitrogens with zero attached hydrogens (tertiary/aromatic N) is 2. The van der Waals surface area contributed by atoms with Gasteiger partial charge in [0.05, 0.1) is 24.6 Å². The number of rotatable bonds is 5. The molecule has 2 saturated heterocycles. The summed E-state index contributed by atoms with van der Waals surface area (Å²) >= 11 is 0. The Morgan fingerprint density at radius 2 is 2.04 bits per heavy atom. The molecular weight excluding hydrogens is 302 g/mol. The minimum absolute atomic E-state index is 0.105. The number of carbonyl (C=O) groups excluding carboxylic acids is 1. The number of para-hydroxylation sites is 2. The molecule has 5 heteroatoms. The van der Waals surface area contributed by atoms with E-state index in [0.717, 1.165) is 63.2 Å². The standard InChI is InChI=1S/C19H29N3O2/c1-16-5-4-9-21(15-16)10-8-19(23)20-17-6-2-3-7-18(17)22-11-13-24-14-12-22/h2-3,6-7,16H,4-5,8-15H2,1H3,(H,20,23). The van der Waals surface area contributed by atoms with Crippen LogP contribution in [-0.2, 0) is 9.53 Å². The second kappa shape index (κ2) is 8.49. The van der Waals surface area contributed by atoms with Gasteiger partial charge in [0.2, 0.25) is 5.91 Å². The highest BCUT2D eigenvalue weighted by Crippen LogP contribution is 2.26. The smallest absolute Gasteiger partial charge is 0.225 e. The average molecular weight is 331 g/mol. The Morgan fingerprint density at radius 1 is 1.25 bits per heavy atom. The number of piperidine rings is 1. The minimum Gasteiger partial charge on any atom is -0.378 e. The molecule has 5 nitrogen and oxygen atoms in total. The summed E-state index contributed by atoms with van der Waals surface area (Å²) in [7, 11) is 0. The molecule has 1 atom stereocenters. The van der Waals surface area contributed by atoms with Crippen LogP contribution in [0.4, 0.5) is 11.4 Å². The molecule has 2 fully saturated rings. The quantitative estimate of drug-likeness (QED) is 0.901. The molecule has 1 aromatic carbocycles. The van der Waals surface area contributed by atoms with Gasteiger partial charge in [0, 0.05) is 32.6 Å². The van der Waals surface area contributed by atoms with Crippen molar-refractivity contribution in [1.82, 2.24) is 4.90 Å². The highest BCUT2D eigenvalue weighted by molar-refractivity contribution is 5.94. The van der Waals surface area contributed by atoms with Gasteiger partial charge in [-0.15, -0.1) is 0 Å². The van der Waals surface area contributed by atoms with Crippen LogP contribution in [0.3, 0.4) is 0 Å². The first-order chi connectivity index (χ1) is 11.7. The molecule has 0 aromatic heterocycles. The Bertz CT molecular complexity index is 543. The molecule has 3 rings (SSSR count). The fourth-order valence-corrected chi connectivity index (χ4v) is 3.62. The molecule has 1 N–H and O–H groups in total. The van der Waals surface area contributed by atoms with Gasteiger partial charge in [0.1, 0.15) is 0 Å². The third-order valence-corrected chi connectivity index (χ3v) is 4.93. The third kappa shape index (κ3) is 4.71. The van der Waals surface area contributed by atoms with E-state index in [1.807, 2.05) is 18.2 Å². The van der Waals surface area contributed by atoms with Crippen molar-refractivity contribution in [2.45, 2.75) is 26.2 Å². The summed E-state index contributed by atoms with van der Waals surface area (Å²) in [6, 6.07) is 8.07. The largest absolute Gasteiger partial charge is 0.378 e. The Balaban J connectivity index is 1.54. The lowest BCUT2D eigenvalue weighted by atomic mass is 10.0. The maximum atomic E-state index is 12.4. The fourth-order valence-electron chi connectivity index (χ4n) is 3.62. The van der Waals surface area contributed by atoms with Gasteiger partial charge in [-0.05, 0) is 37.4 Å². The van der Waals surface area contributed by atoms with E-state index >= 15 is 0 Å². The molecule has 2 aliphatic rings. The Morgan fingerprint density at radius 3 is 2.83 bits per heavy atom. The first kappa shape index (κ1) is 17.2. The van der Waals surface area contributed by atoms with E-state index in [1.165, 1.54) is 12.8 Å². The van der Waals surface area contributed by atoms with Crippen LogP contribution in [0.15, 0.2) is 24.3 Å². The molecule has 0 radical (unpaired) electrons. The van der Waals surface area contributed by atoms with E-state index in [4.69, 9.17) is 4.74 Å². The summed E-state index contributed by atoms with van der Waals surface area (Å²) in [6.45, 7) is 8.64. The lowest BCUT2D eigenvalue weighted by Gasteiger charge is -2.31. The molecule has 0 spiro atoms. The Kier molecular flexibility index (Phi) is 6.10. The van der Waals surface area contributed by atoms with E-state index in [9.17, 15) is 4.79 Å². The predicted octanol–water partition coefficient (Wildman–Crippen LogP) is 2.58. The number of nitrogens with one attached hydrogen (secondary N) is 1. The fraction of sp³-hybridized carbons (Fsp3) is 0.632. The van der Waals surface area contributed by atoms with Crippen molar-refractivity contribution < 1.29 is 9.53 Å². The van der Waals surface area contributed by atoms with Gasteiger partial charge in [-0.3, -0.25) is 4.79 Å². The van der Waals surface area contributed by atoms with Gasteiger partial charge in [-0.2, -0.15) is 0 Å². The van der Waals surface area contributed by atoms with Gasteiger partial charge in [0.25, 0.3) is 0 Å². The second-order valence-electron chi connectivity index (χ2n) is 6.96. The Hall–Kier alpha value is -1.59.